The molecule has 0 N–H and O–H groups in total. The minimum Gasteiger partial charge on any atom is -0.484 e. The fraction of sp³-hybridized carbons (Fsp3) is 0.562. The molecule has 0 spiro atoms. The van der Waals surface area contributed by atoms with Gasteiger partial charge in [-0.1, -0.05) is 6.07 Å². The van der Waals surface area contributed by atoms with Crippen LogP contribution in [-0.4, -0.2) is 50.4 Å². The average molecular weight is 323 g/mol. The predicted molar refractivity (Wildman–Crippen MR) is 83.6 cm³/mol. The SMILES string of the molecule is Cc1ccc(OCC(=O)N2C[C@@H]3CS(=O)(=O)C[C@@H]3C2)cc1C. The number of benzene rings is 1. The van der Waals surface area contributed by atoms with Crippen molar-refractivity contribution in [2.75, 3.05) is 31.2 Å². The molecule has 6 heteroatoms. The van der Waals surface area contributed by atoms with Gasteiger partial charge in [0.15, 0.2) is 16.4 Å². The van der Waals surface area contributed by atoms with Crippen LogP contribution in [0.25, 0.3) is 0 Å². The Morgan fingerprint density at radius 2 is 1.82 bits per heavy atom. The molecule has 2 heterocycles. The minimum absolute atomic E-state index is 0.00862. The lowest BCUT2D eigenvalue weighted by atomic mass is 10.0. The number of aryl methyl sites for hydroxylation is 2. The molecule has 1 amide bonds. The van der Waals surface area contributed by atoms with E-state index in [-0.39, 0.29) is 35.9 Å². The molecule has 120 valence electrons. The lowest BCUT2D eigenvalue weighted by molar-refractivity contribution is -0.132. The second kappa shape index (κ2) is 5.57. The molecule has 0 saturated carbocycles. The van der Waals surface area contributed by atoms with Crippen LogP contribution in [-0.2, 0) is 14.6 Å². The van der Waals surface area contributed by atoms with Gasteiger partial charge in [-0.05, 0) is 48.9 Å². The Morgan fingerprint density at radius 1 is 1.18 bits per heavy atom. The smallest absolute Gasteiger partial charge is 0.260 e. The van der Waals surface area contributed by atoms with Crippen LogP contribution < -0.4 is 4.74 Å². The maximum absolute atomic E-state index is 12.2. The monoisotopic (exact) mass is 323 g/mol. The molecule has 0 aliphatic carbocycles. The van der Waals surface area contributed by atoms with Crippen LogP contribution >= 0.6 is 0 Å². The predicted octanol–water partition coefficient (Wildman–Crippen LogP) is 1.19. The fourth-order valence-electron chi connectivity index (χ4n) is 3.28. The third-order valence-electron chi connectivity index (χ3n) is 4.71. The molecular formula is C16H21NO4S. The topological polar surface area (TPSA) is 63.7 Å². The minimum atomic E-state index is -2.89. The van der Waals surface area contributed by atoms with Crippen LogP contribution in [0, 0.1) is 25.7 Å². The summed E-state index contributed by atoms with van der Waals surface area (Å²) in [6.45, 7) is 5.13. The van der Waals surface area contributed by atoms with Gasteiger partial charge in [0.2, 0.25) is 0 Å². The molecule has 3 rings (SSSR count). The van der Waals surface area contributed by atoms with Crippen molar-refractivity contribution >= 4 is 15.7 Å². The molecule has 0 radical (unpaired) electrons. The lowest BCUT2D eigenvalue weighted by Gasteiger charge is -2.17. The highest BCUT2D eigenvalue weighted by molar-refractivity contribution is 7.91. The number of ether oxygens (including phenoxy) is 1. The molecular weight excluding hydrogens is 302 g/mol. The summed E-state index contributed by atoms with van der Waals surface area (Å²) in [5.41, 5.74) is 2.32. The van der Waals surface area contributed by atoms with Crippen molar-refractivity contribution in [3.8, 4) is 5.75 Å². The van der Waals surface area contributed by atoms with Crippen LogP contribution in [0.2, 0.25) is 0 Å². The Labute approximate surface area is 131 Å². The standard InChI is InChI=1S/C16H21NO4S/c1-11-3-4-15(5-12(11)2)21-8-16(18)17-6-13-9-22(19,20)10-14(13)7-17/h3-5,13-14H,6-10H2,1-2H3/t13-,14+. The van der Waals surface area contributed by atoms with E-state index in [0.29, 0.717) is 18.8 Å². The summed E-state index contributed by atoms with van der Waals surface area (Å²) >= 11 is 0. The van der Waals surface area contributed by atoms with Crippen LogP contribution in [0.3, 0.4) is 0 Å². The fourth-order valence-corrected chi connectivity index (χ4v) is 5.48. The van der Waals surface area contributed by atoms with Gasteiger partial charge in [0.05, 0.1) is 11.5 Å². The molecule has 22 heavy (non-hydrogen) atoms. The van der Waals surface area contributed by atoms with Gasteiger partial charge in [0, 0.05) is 13.1 Å². The number of hydrogen-bond acceptors (Lipinski definition) is 4. The number of amides is 1. The van der Waals surface area contributed by atoms with Crippen molar-refractivity contribution in [3.63, 3.8) is 0 Å². The van der Waals surface area contributed by atoms with Crippen LogP contribution in [0.4, 0.5) is 0 Å². The van der Waals surface area contributed by atoms with Gasteiger partial charge in [0.25, 0.3) is 5.91 Å². The summed E-state index contributed by atoms with van der Waals surface area (Å²) in [5.74, 6) is 1.29. The molecule has 0 bridgehead atoms. The number of hydrogen-bond donors (Lipinski definition) is 0. The van der Waals surface area contributed by atoms with Crippen molar-refractivity contribution in [3.05, 3.63) is 29.3 Å². The van der Waals surface area contributed by atoms with E-state index in [0.717, 1.165) is 5.56 Å². The second-order valence-corrected chi connectivity index (χ2v) is 8.58. The molecule has 1 aromatic carbocycles. The Balaban J connectivity index is 1.54. The largest absolute Gasteiger partial charge is 0.484 e. The van der Waals surface area contributed by atoms with Gasteiger partial charge < -0.3 is 9.64 Å². The van der Waals surface area contributed by atoms with E-state index < -0.39 is 9.84 Å². The molecule has 5 nitrogen and oxygen atoms in total. The molecule has 2 atom stereocenters. The third kappa shape index (κ3) is 3.11. The molecule has 2 fully saturated rings. The highest BCUT2D eigenvalue weighted by Gasteiger charge is 2.44. The number of rotatable bonds is 3. The lowest BCUT2D eigenvalue weighted by Crippen LogP contribution is -2.34. The normalized spacial score (nSPS) is 26.0. The number of carbonyl (C=O) groups is 1. The first kappa shape index (κ1) is 15.3. The highest BCUT2D eigenvalue weighted by Crippen LogP contribution is 2.32. The zero-order chi connectivity index (χ0) is 15.9. The van der Waals surface area contributed by atoms with Crippen molar-refractivity contribution in [2.24, 2.45) is 11.8 Å². The summed E-state index contributed by atoms with van der Waals surface area (Å²) in [7, 11) is -2.89. The summed E-state index contributed by atoms with van der Waals surface area (Å²) in [5, 5.41) is 0. The van der Waals surface area contributed by atoms with E-state index in [2.05, 4.69) is 0 Å². The molecule has 2 saturated heterocycles. The summed E-state index contributed by atoms with van der Waals surface area (Å²) in [4.78, 5) is 14.0. The van der Waals surface area contributed by atoms with E-state index in [1.807, 2.05) is 32.0 Å². The van der Waals surface area contributed by atoms with Crippen LogP contribution in [0.5, 0.6) is 5.75 Å². The quantitative estimate of drug-likeness (QED) is 0.838. The van der Waals surface area contributed by atoms with Gasteiger partial charge in [0.1, 0.15) is 5.75 Å². The Hall–Kier alpha value is -1.56. The zero-order valence-electron chi connectivity index (χ0n) is 12.9. The van der Waals surface area contributed by atoms with E-state index in [9.17, 15) is 13.2 Å². The summed E-state index contributed by atoms with van der Waals surface area (Å²) < 4.78 is 28.7. The van der Waals surface area contributed by atoms with Crippen LogP contribution in [0.15, 0.2) is 18.2 Å². The highest BCUT2D eigenvalue weighted by atomic mass is 32.2. The molecule has 2 aliphatic heterocycles. The van der Waals surface area contributed by atoms with E-state index in [1.165, 1.54) is 5.56 Å². The maximum atomic E-state index is 12.2. The van der Waals surface area contributed by atoms with Crippen molar-refractivity contribution < 1.29 is 17.9 Å². The first-order chi connectivity index (χ1) is 10.3. The van der Waals surface area contributed by atoms with Gasteiger partial charge in [-0.3, -0.25) is 4.79 Å². The molecule has 0 unspecified atom stereocenters. The number of carbonyl (C=O) groups excluding carboxylic acids is 1. The van der Waals surface area contributed by atoms with E-state index in [4.69, 9.17) is 4.74 Å². The first-order valence-corrected chi connectivity index (χ1v) is 9.34. The van der Waals surface area contributed by atoms with E-state index >= 15 is 0 Å². The molecule has 1 aromatic rings. The van der Waals surface area contributed by atoms with Gasteiger partial charge in [-0.15, -0.1) is 0 Å². The number of likely N-dealkylation sites (tertiary alicyclic amines) is 1. The van der Waals surface area contributed by atoms with Crippen molar-refractivity contribution in [1.29, 1.82) is 0 Å². The van der Waals surface area contributed by atoms with E-state index in [1.54, 1.807) is 4.90 Å². The number of nitrogens with zero attached hydrogens (tertiary/aromatic N) is 1. The van der Waals surface area contributed by atoms with Crippen molar-refractivity contribution in [1.82, 2.24) is 4.90 Å². The third-order valence-corrected chi connectivity index (χ3v) is 6.58. The van der Waals surface area contributed by atoms with Crippen molar-refractivity contribution in [2.45, 2.75) is 13.8 Å². The van der Waals surface area contributed by atoms with Crippen LogP contribution in [0.1, 0.15) is 11.1 Å². The molecule has 2 aliphatic rings. The number of sulfone groups is 1. The summed E-state index contributed by atoms with van der Waals surface area (Å²) in [6.07, 6.45) is 0. The maximum Gasteiger partial charge on any atom is 0.260 e. The summed E-state index contributed by atoms with van der Waals surface area (Å²) in [6, 6.07) is 5.76. The molecule has 0 aromatic heterocycles. The Morgan fingerprint density at radius 3 is 2.41 bits per heavy atom. The second-order valence-electron chi connectivity index (χ2n) is 6.43. The van der Waals surface area contributed by atoms with Gasteiger partial charge in [-0.2, -0.15) is 0 Å². The Bertz CT molecular complexity index is 678. The van der Waals surface area contributed by atoms with Gasteiger partial charge >= 0.3 is 0 Å². The first-order valence-electron chi connectivity index (χ1n) is 7.52. The Kier molecular flexibility index (Phi) is 3.89. The number of fused-ring (bicyclic) bond motifs is 1. The van der Waals surface area contributed by atoms with Gasteiger partial charge in [-0.25, -0.2) is 8.42 Å². The zero-order valence-corrected chi connectivity index (χ0v) is 13.7. The average Bonchev–Trinajstić information content (AvgIpc) is 2.93.